The quantitative estimate of drug-likeness (QED) is 0.883. The minimum absolute atomic E-state index is 0.0186. The van der Waals surface area contributed by atoms with E-state index in [1.807, 2.05) is 32.0 Å². The van der Waals surface area contributed by atoms with Gasteiger partial charge in [0.2, 0.25) is 0 Å². The fourth-order valence-corrected chi connectivity index (χ4v) is 3.17. The summed E-state index contributed by atoms with van der Waals surface area (Å²) in [7, 11) is -0.927. The molecular weight excluding hydrogens is 242 g/mol. The molecule has 0 radical (unpaired) electrons. The van der Waals surface area contributed by atoms with Gasteiger partial charge in [0.15, 0.2) is 0 Å². The van der Waals surface area contributed by atoms with E-state index in [0.717, 1.165) is 17.5 Å². The maximum Gasteiger partial charge on any atom is 0.0501 e. The third-order valence-corrected chi connectivity index (χ3v) is 4.23. The van der Waals surface area contributed by atoms with Gasteiger partial charge in [-0.1, -0.05) is 30.7 Å². The van der Waals surface area contributed by atoms with Gasteiger partial charge in [-0.2, -0.15) is 0 Å². The Morgan fingerprint density at radius 2 is 2.19 bits per heavy atom. The molecule has 0 aliphatic rings. The molecule has 2 atom stereocenters. The molecule has 0 aromatic heterocycles. The van der Waals surface area contributed by atoms with Gasteiger partial charge < -0.3 is 5.73 Å². The molecule has 2 N–H and O–H groups in total. The molecule has 2 nitrogen and oxygen atoms in total. The first-order chi connectivity index (χ1) is 7.52. The van der Waals surface area contributed by atoms with Crippen molar-refractivity contribution in [3.8, 4) is 0 Å². The summed E-state index contributed by atoms with van der Waals surface area (Å²) < 4.78 is 11.8. The van der Waals surface area contributed by atoms with Crippen LogP contribution in [-0.4, -0.2) is 16.0 Å². The van der Waals surface area contributed by atoms with Crippen LogP contribution in [-0.2, 0) is 16.6 Å². The highest BCUT2D eigenvalue weighted by atomic mass is 35.5. The monoisotopic (exact) mass is 259 g/mol. The fraction of sp³-hybridized carbons (Fsp3) is 0.500. The van der Waals surface area contributed by atoms with Crippen LogP contribution >= 0.6 is 11.6 Å². The molecule has 0 spiro atoms. The smallest absolute Gasteiger partial charge is 0.0501 e. The molecule has 4 heteroatoms. The number of aryl methyl sites for hydroxylation is 1. The molecule has 90 valence electrons. The van der Waals surface area contributed by atoms with E-state index in [1.54, 1.807) is 0 Å². The number of benzene rings is 1. The van der Waals surface area contributed by atoms with E-state index in [2.05, 4.69) is 0 Å². The van der Waals surface area contributed by atoms with E-state index in [4.69, 9.17) is 17.3 Å². The zero-order chi connectivity index (χ0) is 12.1. The molecule has 0 saturated carbocycles. The zero-order valence-corrected chi connectivity index (χ0v) is 11.3. The Bertz CT molecular complexity index is 381. The Labute approximate surface area is 105 Å². The molecule has 0 amide bonds. The Morgan fingerprint density at radius 1 is 1.50 bits per heavy atom. The van der Waals surface area contributed by atoms with Crippen LogP contribution in [0.3, 0.4) is 0 Å². The lowest BCUT2D eigenvalue weighted by Crippen LogP contribution is -2.26. The Kier molecular flexibility index (Phi) is 5.46. The van der Waals surface area contributed by atoms with Crippen LogP contribution in [0.2, 0.25) is 5.02 Å². The predicted octanol–water partition coefficient (Wildman–Crippen LogP) is 2.63. The van der Waals surface area contributed by atoms with Crippen molar-refractivity contribution >= 4 is 22.4 Å². The van der Waals surface area contributed by atoms with Crippen molar-refractivity contribution in [1.29, 1.82) is 0 Å². The Morgan fingerprint density at radius 3 is 2.75 bits per heavy atom. The molecule has 0 saturated heterocycles. The van der Waals surface area contributed by atoms with Gasteiger partial charge in [-0.05, 0) is 30.5 Å². The zero-order valence-electron chi connectivity index (χ0n) is 9.70. The molecular formula is C12H18ClNOS. The average molecular weight is 260 g/mol. The summed E-state index contributed by atoms with van der Waals surface area (Å²) in [5, 5.41) is 0.693. The van der Waals surface area contributed by atoms with Gasteiger partial charge in [-0.3, -0.25) is 4.21 Å². The molecule has 0 aliphatic heterocycles. The minimum Gasteiger partial charge on any atom is -0.327 e. The molecule has 0 heterocycles. The van der Waals surface area contributed by atoms with Crippen molar-refractivity contribution in [1.82, 2.24) is 0 Å². The Balaban J connectivity index is 2.63. The average Bonchev–Trinajstić information content (AvgIpc) is 2.22. The van der Waals surface area contributed by atoms with E-state index >= 15 is 0 Å². The van der Waals surface area contributed by atoms with Crippen molar-refractivity contribution in [3.05, 3.63) is 34.3 Å². The largest absolute Gasteiger partial charge is 0.327 e. The topological polar surface area (TPSA) is 43.1 Å². The maximum atomic E-state index is 11.8. The van der Waals surface area contributed by atoms with Crippen LogP contribution in [0.4, 0.5) is 0 Å². The first-order valence-corrected chi connectivity index (χ1v) is 7.25. The SMILES string of the molecule is CCC(N)CS(=O)Cc1ccc(C)cc1Cl. The van der Waals surface area contributed by atoms with Gasteiger partial charge in [0, 0.05) is 27.6 Å². The standard InChI is InChI=1S/C12H18ClNOS/c1-3-11(14)8-16(15)7-10-5-4-9(2)6-12(10)13/h4-6,11H,3,7-8,14H2,1-2H3. The lowest BCUT2D eigenvalue weighted by molar-refractivity contribution is 0.663. The molecule has 1 aromatic rings. The van der Waals surface area contributed by atoms with E-state index in [9.17, 15) is 4.21 Å². The van der Waals surface area contributed by atoms with E-state index in [-0.39, 0.29) is 6.04 Å². The number of rotatable bonds is 5. The van der Waals surface area contributed by atoms with Gasteiger partial charge in [-0.15, -0.1) is 0 Å². The third kappa shape index (κ3) is 4.24. The van der Waals surface area contributed by atoms with Crippen LogP contribution < -0.4 is 5.73 Å². The Hall–Kier alpha value is -0.380. The van der Waals surface area contributed by atoms with Crippen molar-refractivity contribution in [2.45, 2.75) is 32.1 Å². The molecule has 0 aliphatic carbocycles. The summed E-state index contributed by atoms with van der Waals surface area (Å²) in [4.78, 5) is 0. The number of halogens is 1. The van der Waals surface area contributed by atoms with Crippen LogP contribution in [0.5, 0.6) is 0 Å². The second kappa shape index (κ2) is 6.38. The van der Waals surface area contributed by atoms with E-state index in [0.29, 0.717) is 16.5 Å². The summed E-state index contributed by atoms with van der Waals surface area (Å²) in [6, 6.07) is 5.84. The minimum atomic E-state index is -0.927. The highest BCUT2D eigenvalue weighted by Gasteiger charge is 2.09. The molecule has 0 fully saturated rings. The molecule has 2 unspecified atom stereocenters. The van der Waals surface area contributed by atoms with Crippen LogP contribution in [0, 0.1) is 6.92 Å². The van der Waals surface area contributed by atoms with Crippen molar-refractivity contribution in [2.75, 3.05) is 5.75 Å². The normalized spacial score (nSPS) is 14.8. The summed E-state index contributed by atoms with van der Waals surface area (Å²) in [5.41, 5.74) is 7.82. The van der Waals surface area contributed by atoms with Gasteiger partial charge in [0.05, 0.1) is 5.75 Å². The lowest BCUT2D eigenvalue weighted by Gasteiger charge is -2.09. The van der Waals surface area contributed by atoms with Gasteiger partial charge in [0.25, 0.3) is 0 Å². The van der Waals surface area contributed by atoms with Gasteiger partial charge in [-0.25, -0.2) is 0 Å². The molecule has 0 bridgehead atoms. The first-order valence-electron chi connectivity index (χ1n) is 5.38. The van der Waals surface area contributed by atoms with Crippen molar-refractivity contribution in [2.24, 2.45) is 5.73 Å². The molecule has 1 aromatic carbocycles. The molecule has 1 rings (SSSR count). The highest BCUT2D eigenvalue weighted by Crippen LogP contribution is 2.19. The number of hydrogen-bond acceptors (Lipinski definition) is 2. The molecule has 16 heavy (non-hydrogen) atoms. The van der Waals surface area contributed by atoms with Crippen LogP contribution in [0.25, 0.3) is 0 Å². The summed E-state index contributed by atoms with van der Waals surface area (Å²) in [5.74, 6) is 1.04. The third-order valence-electron chi connectivity index (χ3n) is 2.45. The van der Waals surface area contributed by atoms with E-state index < -0.39 is 10.8 Å². The fourth-order valence-electron chi connectivity index (χ4n) is 1.36. The van der Waals surface area contributed by atoms with Crippen LogP contribution in [0.15, 0.2) is 18.2 Å². The van der Waals surface area contributed by atoms with Gasteiger partial charge in [0.1, 0.15) is 0 Å². The van der Waals surface area contributed by atoms with Crippen molar-refractivity contribution in [3.63, 3.8) is 0 Å². The summed E-state index contributed by atoms with van der Waals surface area (Å²) in [6.07, 6.45) is 0.855. The summed E-state index contributed by atoms with van der Waals surface area (Å²) in [6.45, 7) is 3.99. The number of nitrogens with two attached hydrogens (primary N) is 1. The highest BCUT2D eigenvalue weighted by molar-refractivity contribution is 7.84. The maximum absolute atomic E-state index is 11.8. The summed E-state index contributed by atoms with van der Waals surface area (Å²) >= 11 is 6.08. The van der Waals surface area contributed by atoms with Gasteiger partial charge >= 0.3 is 0 Å². The van der Waals surface area contributed by atoms with E-state index in [1.165, 1.54) is 0 Å². The second-order valence-electron chi connectivity index (χ2n) is 4.01. The van der Waals surface area contributed by atoms with Crippen LogP contribution in [0.1, 0.15) is 24.5 Å². The van der Waals surface area contributed by atoms with Crippen molar-refractivity contribution < 1.29 is 4.21 Å². The number of hydrogen-bond donors (Lipinski definition) is 1. The predicted molar refractivity (Wildman–Crippen MR) is 71.2 cm³/mol. The lowest BCUT2D eigenvalue weighted by atomic mass is 10.2. The second-order valence-corrected chi connectivity index (χ2v) is 5.92. The first kappa shape index (κ1) is 13.7.